The van der Waals surface area contributed by atoms with Crippen LogP contribution in [0, 0.1) is 6.92 Å². The number of carbonyl (C=O) groups excluding carboxylic acids is 1. The van der Waals surface area contributed by atoms with Crippen molar-refractivity contribution in [2.75, 3.05) is 0 Å². The van der Waals surface area contributed by atoms with E-state index in [0.29, 0.717) is 5.69 Å². The number of nitrogens with zero attached hydrogens (tertiary/aromatic N) is 2. The van der Waals surface area contributed by atoms with Crippen LogP contribution < -0.4 is 0 Å². The first-order chi connectivity index (χ1) is 10.2. The second-order valence-corrected chi connectivity index (χ2v) is 4.91. The number of H-pyrrole nitrogens is 1. The molecule has 0 unspecified atom stereocenters. The number of benzene rings is 1. The zero-order chi connectivity index (χ0) is 14.8. The number of carbonyl (C=O) groups is 1. The molecule has 1 N–H and O–H groups in total. The number of aromatic nitrogens is 3. The van der Waals surface area contributed by atoms with Crippen LogP contribution in [0.2, 0.25) is 0 Å². The van der Waals surface area contributed by atoms with Crippen LogP contribution in [0.5, 0.6) is 0 Å². The second kappa shape index (κ2) is 5.32. The number of hydrogen-bond acceptors (Lipinski definition) is 3. The third-order valence-corrected chi connectivity index (χ3v) is 3.42. The molecule has 4 nitrogen and oxygen atoms in total. The fraction of sp³-hybridized carbons (Fsp3) is 0.118. The Balaban J connectivity index is 2.17. The van der Waals surface area contributed by atoms with E-state index in [-0.39, 0.29) is 5.78 Å². The molecule has 4 heteroatoms. The SMILES string of the molecule is CC(=O)c1cc(-c2c(C)n[nH]c2-c2ccccc2)ccn1. The van der Waals surface area contributed by atoms with Gasteiger partial charge in [-0.3, -0.25) is 14.9 Å². The minimum Gasteiger partial charge on any atom is -0.293 e. The maximum Gasteiger partial charge on any atom is 0.178 e. The average molecular weight is 277 g/mol. The van der Waals surface area contributed by atoms with Crippen molar-refractivity contribution in [1.82, 2.24) is 15.2 Å². The van der Waals surface area contributed by atoms with Gasteiger partial charge in [0.05, 0.1) is 11.4 Å². The summed E-state index contributed by atoms with van der Waals surface area (Å²) in [5, 5.41) is 7.40. The smallest absolute Gasteiger partial charge is 0.178 e. The highest BCUT2D eigenvalue weighted by atomic mass is 16.1. The van der Waals surface area contributed by atoms with Gasteiger partial charge in [0.15, 0.2) is 5.78 Å². The number of ketones is 1. The number of rotatable bonds is 3. The first-order valence-electron chi connectivity index (χ1n) is 6.74. The van der Waals surface area contributed by atoms with Gasteiger partial charge in [-0.15, -0.1) is 0 Å². The minimum atomic E-state index is -0.0424. The molecule has 0 saturated carbocycles. The number of hydrogen-bond donors (Lipinski definition) is 1. The molecule has 21 heavy (non-hydrogen) atoms. The van der Waals surface area contributed by atoms with Gasteiger partial charge in [0, 0.05) is 24.2 Å². The zero-order valence-electron chi connectivity index (χ0n) is 11.9. The molecule has 0 aliphatic rings. The summed E-state index contributed by atoms with van der Waals surface area (Å²) in [7, 11) is 0. The highest BCUT2D eigenvalue weighted by Gasteiger charge is 2.15. The molecular weight excluding hydrogens is 262 g/mol. The van der Waals surface area contributed by atoms with Gasteiger partial charge >= 0.3 is 0 Å². The van der Waals surface area contributed by atoms with Gasteiger partial charge in [-0.05, 0) is 24.6 Å². The Kier molecular flexibility index (Phi) is 3.36. The van der Waals surface area contributed by atoms with Crippen LogP contribution in [-0.4, -0.2) is 21.0 Å². The number of aryl methyl sites for hydroxylation is 1. The Morgan fingerprint density at radius 2 is 1.86 bits per heavy atom. The molecule has 0 radical (unpaired) electrons. The molecule has 2 aromatic heterocycles. The molecule has 3 aromatic rings. The fourth-order valence-corrected chi connectivity index (χ4v) is 2.38. The van der Waals surface area contributed by atoms with E-state index in [9.17, 15) is 4.79 Å². The monoisotopic (exact) mass is 277 g/mol. The Morgan fingerprint density at radius 1 is 1.10 bits per heavy atom. The van der Waals surface area contributed by atoms with E-state index in [1.807, 2.05) is 49.4 Å². The lowest BCUT2D eigenvalue weighted by Crippen LogP contribution is -1.96. The van der Waals surface area contributed by atoms with Crippen LogP contribution in [-0.2, 0) is 0 Å². The van der Waals surface area contributed by atoms with Crippen LogP contribution in [0.25, 0.3) is 22.4 Å². The van der Waals surface area contributed by atoms with E-state index in [0.717, 1.165) is 28.1 Å². The topological polar surface area (TPSA) is 58.6 Å². The van der Waals surface area contributed by atoms with Crippen LogP contribution in [0.1, 0.15) is 23.1 Å². The van der Waals surface area contributed by atoms with Crippen molar-refractivity contribution in [3.8, 4) is 22.4 Å². The lowest BCUT2D eigenvalue weighted by atomic mass is 9.99. The van der Waals surface area contributed by atoms with Crippen LogP contribution in [0.15, 0.2) is 48.7 Å². The highest BCUT2D eigenvalue weighted by molar-refractivity contribution is 5.94. The van der Waals surface area contributed by atoms with Gasteiger partial charge in [0.2, 0.25) is 0 Å². The maximum atomic E-state index is 11.5. The first-order valence-corrected chi connectivity index (χ1v) is 6.74. The molecule has 0 fully saturated rings. The summed E-state index contributed by atoms with van der Waals surface area (Å²) in [6.45, 7) is 3.47. The standard InChI is InChI=1S/C17H15N3O/c1-11-16(14-8-9-18-15(10-14)12(2)21)17(20-19-11)13-6-4-3-5-7-13/h3-10H,1-2H3,(H,19,20). The summed E-state index contributed by atoms with van der Waals surface area (Å²) >= 11 is 0. The van der Waals surface area contributed by atoms with Gasteiger partial charge in [-0.2, -0.15) is 5.10 Å². The van der Waals surface area contributed by atoms with E-state index in [1.54, 1.807) is 6.20 Å². The van der Waals surface area contributed by atoms with Gasteiger partial charge in [0.1, 0.15) is 5.69 Å². The Labute approximate surface area is 122 Å². The summed E-state index contributed by atoms with van der Waals surface area (Å²) in [4.78, 5) is 15.6. The van der Waals surface area contributed by atoms with Gasteiger partial charge in [-0.1, -0.05) is 30.3 Å². The van der Waals surface area contributed by atoms with Gasteiger partial charge in [-0.25, -0.2) is 0 Å². The molecular formula is C17H15N3O. The molecule has 0 spiro atoms. The number of aromatic amines is 1. The molecule has 104 valence electrons. The molecule has 2 heterocycles. The Hall–Kier alpha value is -2.75. The van der Waals surface area contributed by atoms with E-state index >= 15 is 0 Å². The molecule has 1 aromatic carbocycles. The number of pyridine rings is 1. The zero-order valence-corrected chi connectivity index (χ0v) is 11.9. The normalized spacial score (nSPS) is 10.6. The van der Waals surface area contributed by atoms with Crippen molar-refractivity contribution >= 4 is 5.78 Å². The van der Waals surface area contributed by atoms with Crippen LogP contribution in [0.3, 0.4) is 0 Å². The summed E-state index contributed by atoms with van der Waals surface area (Å²) < 4.78 is 0. The average Bonchev–Trinajstić information content (AvgIpc) is 2.90. The second-order valence-electron chi connectivity index (χ2n) is 4.91. The predicted molar refractivity (Wildman–Crippen MR) is 82.0 cm³/mol. The quantitative estimate of drug-likeness (QED) is 0.743. The minimum absolute atomic E-state index is 0.0424. The van der Waals surface area contributed by atoms with E-state index in [2.05, 4.69) is 15.2 Å². The number of Topliss-reactive ketones (excluding diaryl/α,β-unsaturated/α-hetero) is 1. The van der Waals surface area contributed by atoms with Crippen molar-refractivity contribution in [1.29, 1.82) is 0 Å². The molecule has 0 atom stereocenters. The number of nitrogens with one attached hydrogen (secondary N) is 1. The molecule has 0 aliphatic carbocycles. The predicted octanol–water partition coefficient (Wildman–Crippen LogP) is 3.65. The van der Waals surface area contributed by atoms with Crippen LogP contribution in [0.4, 0.5) is 0 Å². The molecule has 0 amide bonds. The van der Waals surface area contributed by atoms with Crippen molar-refractivity contribution in [2.45, 2.75) is 13.8 Å². The van der Waals surface area contributed by atoms with Crippen molar-refractivity contribution in [2.24, 2.45) is 0 Å². The van der Waals surface area contributed by atoms with E-state index in [1.165, 1.54) is 6.92 Å². The summed E-state index contributed by atoms with van der Waals surface area (Å²) in [5.41, 5.74) is 5.33. The Morgan fingerprint density at radius 3 is 2.57 bits per heavy atom. The van der Waals surface area contributed by atoms with E-state index in [4.69, 9.17) is 0 Å². The lowest BCUT2D eigenvalue weighted by Gasteiger charge is -2.06. The highest BCUT2D eigenvalue weighted by Crippen LogP contribution is 2.32. The summed E-state index contributed by atoms with van der Waals surface area (Å²) in [5.74, 6) is -0.0424. The molecule has 0 aliphatic heterocycles. The molecule has 3 rings (SSSR count). The lowest BCUT2D eigenvalue weighted by molar-refractivity contribution is 0.101. The fourth-order valence-electron chi connectivity index (χ4n) is 2.38. The molecule has 0 saturated heterocycles. The Bertz CT molecular complexity index is 791. The summed E-state index contributed by atoms with van der Waals surface area (Å²) in [6.07, 6.45) is 1.66. The van der Waals surface area contributed by atoms with Crippen molar-refractivity contribution in [3.05, 3.63) is 60.0 Å². The third kappa shape index (κ3) is 2.48. The molecule has 0 bridgehead atoms. The van der Waals surface area contributed by atoms with Crippen LogP contribution >= 0.6 is 0 Å². The van der Waals surface area contributed by atoms with Crippen molar-refractivity contribution < 1.29 is 4.79 Å². The van der Waals surface area contributed by atoms with E-state index < -0.39 is 0 Å². The summed E-state index contributed by atoms with van der Waals surface area (Å²) in [6, 6.07) is 13.7. The first kappa shape index (κ1) is 13.2. The maximum absolute atomic E-state index is 11.5. The largest absolute Gasteiger partial charge is 0.293 e. The van der Waals surface area contributed by atoms with Gasteiger partial charge in [0.25, 0.3) is 0 Å². The van der Waals surface area contributed by atoms with Gasteiger partial charge < -0.3 is 0 Å². The van der Waals surface area contributed by atoms with Crippen molar-refractivity contribution in [3.63, 3.8) is 0 Å². The third-order valence-electron chi connectivity index (χ3n) is 3.42.